The van der Waals surface area contributed by atoms with E-state index in [0.717, 1.165) is 27.9 Å². The third-order valence-corrected chi connectivity index (χ3v) is 3.16. The molecule has 1 heterocycles. The van der Waals surface area contributed by atoms with Gasteiger partial charge in [-0.05, 0) is 16.5 Å². The van der Waals surface area contributed by atoms with Gasteiger partial charge in [0.05, 0.1) is 4.88 Å². The lowest BCUT2D eigenvalue weighted by atomic mass is 10.0. The summed E-state index contributed by atoms with van der Waals surface area (Å²) in [6.45, 7) is 3.76. The van der Waals surface area contributed by atoms with Crippen molar-refractivity contribution in [1.82, 2.24) is 0 Å². The lowest BCUT2D eigenvalue weighted by molar-refractivity contribution is 0.112. The zero-order chi connectivity index (χ0) is 10.7. The number of rotatable bonds is 3. The van der Waals surface area contributed by atoms with Gasteiger partial charge in [0.1, 0.15) is 0 Å². The summed E-state index contributed by atoms with van der Waals surface area (Å²) < 4.78 is 0. The van der Waals surface area contributed by atoms with Gasteiger partial charge in [0.2, 0.25) is 0 Å². The van der Waals surface area contributed by atoms with Gasteiger partial charge >= 0.3 is 0 Å². The van der Waals surface area contributed by atoms with E-state index in [4.69, 9.17) is 0 Å². The normalized spacial score (nSPS) is 9.87. The van der Waals surface area contributed by atoms with Gasteiger partial charge in [-0.25, -0.2) is 0 Å². The Bertz CT molecular complexity index is 457. The number of thiophene rings is 1. The lowest BCUT2D eigenvalue weighted by Crippen LogP contribution is -1.82. The van der Waals surface area contributed by atoms with Gasteiger partial charge in [0.15, 0.2) is 6.29 Å². The molecule has 2 heteroatoms. The van der Waals surface area contributed by atoms with Crippen molar-refractivity contribution in [2.45, 2.75) is 0 Å². The first-order valence-electron chi connectivity index (χ1n) is 4.61. The third kappa shape index (κ3) is 1.76. The summed E-state index contributed by atoms with van der Waals surface area (Å²) in [6.07, 6.45) is 2.69. The molecule has 0 bridgehead atoms. The zero-order valence-corrected chi connectivity index (χ0v) is 8.96. The molecular formula is C13H10OS. The van der Waals surface area contributed by atoms with Crippen LogP contribution in [0.15, 0.2) is 42.3 Å². The van der Waals surface area contributed by atoms with Crippen LogP contribution in [0.5, 0.6) is 0 Å². The van der Waals surface area contributed by atoms with E-state index >= 15 is 0 Å². The highest BCUT2D eigenvalue weighted by molar-refractivity contribution is 7.12. The summed E-state index contributed by atoms with van der Waals surface area (Å²) in [5, 5.41) is 1.96. The first kappa shape index (κ1) is 9.87. The Morgan fingerprint density at radius 1 is 1.20 bits per heavy atom. The predicted octanol–water partition coefficient (Wildman–Crippen LogP) is 3.87. The number of hydrogen-bond donors (Lipinski definition) is 0. The van der Waals surface area contributed by atoms with E-state index in [-0.39, 0.29) is 0 Å². The Morgan fingerprint density at radius 3 is 2.53 bits per heavy atom. The van der Waals surface area contributed by atoms with E-state index in [9.17, 15) is 4.79 Å². The molecule has 0 saturated heterocycles. The van der Waals surface area contributed by atoms with E-state index in [0.29, 0.717) is 0 Å². The maximum atomic E-state index is 10.9. The first-order valence-corrected chi connectivity index (χ1v) is 5.49. The Morgan fingerprint density at radius 2 is 1.93 bits per heavy atom. The molecule has 2 aromatic rings. The van der Waals surface area contributed by atoms with E-state index in [2.05, 4.69) is 6.58 Å². The molecule has 0 radical (unpaired) electrons. The van der Waals surface area contributed by atoms with Crippen LogP contribution in [0, 0.1) is 0 Å². The van der Waals surface area contributed by atoms with Crippen molar-refractivity contribution < 1.29 is 4.79 Å². The molecule has 0 aliphatic rings. The number of carbonyl (C=O) groups excluding carboxylic acids is 1. The van der Waals surface area contributed by atoms with Gasteiger partial charge < -0.3 is 0 Å². The van der Waals surface area contributed by atoms with Gasteiger partial charge in [-0.15, -0.1) is 11.3 Å². The highest BCUT2D eigenvalue weighted by Gasteiger charge is 2.10. The fraction of sp³-hybridized carbons (Fsp3) is 0. The molecule has 1 aromatic heterocycles. The Kier molecular flexibility index (Phi) is 2.79. The lowest BCUT2D eigenvalue weighted by Gasteiger charge is -2.01. The maximum absolute atomic E-state index is 10.9. The Balaban J connectivity index is 2.64. The van der Waals surface area contributed by atoms with E-state index < -0.39 is 0 Å². The molecule has 0 aliphatic heterocycles. The molecule has 1 nitrogen and oxygen atoms in total. The molecule has 2 rings (SSSR count). The summed E-state index contributed by atoms with van der Waals surface area (Å²) in [4.78, 5) is 11.7. The molecule has 0 N–H and O–H groups in total. The number of carbonyl (C=O) groups is 1. The highest BCUT2D eigenvalue weighted by Crippen LogP contribution is 2.32. The minimum Gasteiger partial charge on any atom is -0.297 e. The van der Waals surface area contributed by atoms with Gasteiger partial charge in [-0.3, -0.25) is 4.79 Å². The minimum absolute atomic E-state index is 0.760. The molecule has 0 saturated carbocycles. The minimum atomic E-state index is 0.760. The quantitative estimate of drug-likeness (QED) is 0.709. The van der Waals surface area contributed by atoms with Gasteiger partial charge in [-0.2, -0.15) is 0 Å². The second kappa shape index (κ2) is 4.24. The fourth-order valence-corrected chi connectivity index (χ4v) is 2.41. The van der Waals surface area contributed by atoms with Crippen LogP contribution >= 0.6 is 11.3 Å². The van der Waals surface area contributed by atoms with Crippen molar-refractivity contribution >= 4 is 23.7 Å². The summed E-state index contributed by atoms with van der Waals surface area (Å²) in [5.74, 6) is 0. The first-order chi connectivity index (χ1) is 7.36. The molecule has 0 spiro atoms. The van der Waals surface area contributed by atoms with Crippen molar-refractivity contribution in [1.29, 1.82) is 0 Å². The average Bonchev–Trinajstić information content (AvgIpc) is 2.72. The fourth-order valence-electron chi connectivity index (χ4n) is 1.54. The second-order valence-electron chi connectivity index (χ2n) is 3.12. The topological polar surface area (TPSA) is 17.1 Å². The van der Waals surface area contributed by atoms with Gasteiger partial charge in [0, 0.05) is 5.56 Å². The molecule has 74 valence electrons. The summed E-state index contributed by atoms with van der Waals surface area (Å²) in [5.41, 5.74) is 3.08. The molecule has 0 atom stereocenters. The van der Waals surface area contributed by atoms with Gasteiger partial charge in [-0.1, -0.05) is 43.0 Å². The van der Waals surface area contributed by atoms with Crippen LogP contribution in [-0.4, -0.2) is 6.29 Å². The number of hydrogen-bond acceptors (Lipinski definition) is 2. The second-order valence-corrected chi connectivity index (χ2v) is 4.03. The molecule has 0 amide bonds. The predicted molar refractivity (Wildman–Crippen MR) is 65.2 cm³/mol. The molecule has 0 fully saturated rings. The monoisotopic (exact) mass is 214 g/mol. The van der Waals surface area contributed by atoms with Crippen molar-refractivity contribution in [3.8, 4) is 11.1 Å². The maximum Gasteiger partial charge on any atom is 0.160 e. The standard InChI is InChI=1S/C13H10OS/c1-2-10-9-15-12(8-14)13(10)11-6-4-3-5-7-11/h2-9H,1H2. The van der Waals surface area contributed by atoms with Crippen molar-refractivity contribution in [2.24, 2.45) is 0 Å². The molecule has 0 unspecified atom stereocenters. The van der Waals surface area contributed by atoms with Crippen LogP contribution in [0.25, 0.3) is 17.2 Å². The summed E-state index contributed by atoms with van der Waals surface area (Å²) in [6, 6.07) is 9.90. The van der Waals surface area contributed by atoms with E-state index in [1.54, 1.807) is 6.08 Å². The van der Waals surface area contributed by atoms with E-state index in [1.165, 1.54) is 11.3 Å². The zero-order valence-electron chi connectivity index (χ0n) is 8.14. The van der Waals surface area contributed by atoms with Crippen molar-refractivity contribution in [3.63, 3.8) is 0 Å². The van der Waals surface area contributed by atoms with Crippen molar-refractivity contribution in [3.05, 3.63) is 52.7 Å². The van der Waals surface area contributed by atoms with Crippen LogP contribution in [0.3, 0.4) is 0 Å². The molecule has 0 aliphatic carbocycles. The van der Waals surface area contributed by atoms with Crippen LogP contribution in [0.4, 0.5) is 0 Å². The molecule has 15 heavy (non-hydrogen) atoms. The van der Waals surface area contributed by atoms with Crippen LogP contribution < -0.4 is 0 Å². The molecular weight excluding hydrogens is 204 g/mol. The number of aldehydes is 1. The summed E-state index contributed by atoms with van der Waals surface area (Å²) in [7, 11) is 0. The van der Waals surface area contributed by atoms with Crippen LogP contribution in [0.1, 0.15) is 15.2 Å². The molecule has 1 aromatic carbocycles. The smallest absolute Gasteiger partial charge is 0.160 e. The van der Waals surface area contributed by atoms with Crippen molar-refractivity contribution in [2.75, 3.05) is 0 Å². The highest BCUT2D eigenvalue weighted by atomic mass is 32.1. The van der Waals surface area contributed by atoms with Crippen LogP contribution in [-0.2, 0) is 0 Å². The van der Waals surface area contributed by atoms with E-state index in [1.807, 2.05) is 35.7 Å². The largest absolute Gasteiger partial charge is 0.297 e. The average molecular weight is 214 g/mol. The van der Waals surface area contributed by atoms with Gasteiger partial charge in [0.25, 0.3) is 0 Å². The Labute approximate surface area is 92.7 Å². The Hall–Kier alpha value is -1.67. The SMILES string of the molecule is C=Cc1csc(C=O)c1-c1ccccc1. The van der Waals surface area contributed by atoms with Crippen LogP contribution in [0.2, 0.25) is 0 Å². The number of benzene rings is 1. The summed E-state index contributed by atoms with van der Waals surface area (Å²) >= 11 is 1.46. The third-order valence-electron chi connectivity index (χ3n) is 2.24.